The lowest BCUT2D eigenvalue weighted by Gasteiger charge is -2.28. The summed E-state index contributed by atoms with van der Waals surface area (Å²) in [5, 5.41) is 9.83. The molecule has 9 heteroatoms. The number of amides is 1. The van der Waals surface area contributed by atoms with Crippen LogP contribution in [0.2, 0.25) is 0 Å². The molecule has 0 unspecified atom stereocenters. The number of phenolic OH excluding ortho intramolecular Hbond substituents is 1. The molecule has 1 atom stereocenters. The van der Waals surface area contributed by atoms with Gasteiger partial charge in [0, 0.05) is 5.56 Å². The number of benzene rings is 2. The van der Waals surface area contributed by atoms with E-state index in [4.69, 9.17) is 4.74 Å². The van der Waals surface area contributed by atoms with Gasteiger partial charge in [-0.15, -0.1) is 0 Å². The third kappa shape index (κ3) is 4.95. The Kier molecular flexibility index (Phi) is 6.53. The van der Waals surface area contributed by atoms with Crippen LogP contribution in [-0.4, -0.2) is 38.8 Å². The molecule has 0 aliphatic heterocycles. The lowest BCUT2D eigenvalue weighted by Crippen LogP contribution is -2.51. The van der Waals surface area contributed by atoms with Crippen molar-refractivity contribution < 1.29 is 23.1 Å². The molecule has 0 aromatic heterocycles. The summed E-state index contributed by atoms with van der Waals surface area (Å²) < 4.78 is 30.6. The molecule has 0 fully saturated rings. The number of rotatable bonds is 8. The van der Waals surface area contributed by atoms with Crippen molar-refractivity contribution in [2.45, 2.75) is 13.0 Å². The fourth-order valence-electron chi connectivity index (χ4n) is 2.58. The van der Waals surface area contributed by atoms with Crippen LogP contribution >= 0.6 is 0 Å². The summed E-state index contributed by atoms with van der Waals surface area (Å²) in [6.07, 6.45) is 1.02. The number of hydrogen-bond donors (Lipinski definition) is 3. The Hall–Kier alpha value is -3.20. The molecular formula is C19H23N3O5S. The second-order valence-corrected chi connectivity index (χ2v) is 7.90. The van der Waals surface area contributed by atoms with Crippen LogP contribution in [0.25, 0.3) is 5.70 Å². The van der Waals surface area contributed by atoms with Crippen molar-refractivity contribution in [3.8, 4) is 11.5 Å². The van der Waals surface area contributed by atoms with Gasteiger partial charge in [-0.1, -0.05) is 18.7 Å². The van der Waals surface area contributed by atoms with Crippen molar-refractivity contribution in [3.63, 3.8) is 0 Å². The average Bonchev–Trinajstić information content (AvgIpc) is 2.65. The first-order valence-corrected chi connectivity index (χ1v) is 10.2. The second kappa shape index (κ2) is 8.66. The maximum absolute atomic E-state index is 12.5. The van der Waals surface area contributed by atoms with Crippen molar-refractivity contribution >= 4 is 27.3 Å². The van der Waals surface area contributed by atoms with Crippen LogP contribution in [0.1, 0.15) is 12.5 Å². The number of para-hydroxylation sites is 1. The van der Waals surface area contributed by atoms with Crippen LogP contribution in [0.5, 0.6) is 11.5 Å². The summed E-state index contributed by atoms with van der Waals surface area (Å²) in [5.41, 5.74) is 6.01. The number of nitrogens with one attached hydrogen (secondary N) is 2. The number of ether oxygens (including phenoxy) is 1. The molecule has 0 spiro atoms. The zero-order valence-electron chi connectivity index (χ0n) is 15.8. The Bertz CT molecular complexity index is 958. The standard InChI is InChI=1S/C19H23N3O5S/c1-13(17-7-5-6-8-18(17)23)20-21-19(24)14(2)22(28(4,25)26)15-9-11-16(27-3)12-10-15/h5-12,14,20,23H,1H2,2-4H3,(H,21,24)/t14-/m1/s1. The molecule has 0 saturated heterocycles. The van der Waals surface area contributed by atoms with Crippen molar-refractivity contribution in [1.82, 2.24) is 10.9 Å². The predicted molar refractivity (Wildman–Crippen MR) is 108 cm³/mol. The molecule has 0 aliphatic carbocycles. The zero-order chi connectivity index (χ0) is 20.9. The van der Waals surface area contributed by atoms with E-state index in [0.717, 1.165) is 10.6 Å². The van der Waals surface area contributed by atoms with Crippen LogP contribution in [0.15, 0.2) is 55.1 Å². The number of aromatic hydroxyl groups is 1. The van der Waals surface area contributed by atoms with E-state index in [9.17, 15) is 18.3 Å². The monoisotopic (exact) mass is 405 g/mol. The largest absolute Gasteiger partial charge is 0.507 e. The molecule has 2 aromatic carbocycles. The van der Waals surface area contributed by atoms with Gasteiger partial charge in [-0.05, 0) is 43.3 Å². The third-order valence-corrected chi connectivity index (χ3v) is 5.22. The van der Waals surface area contributed by atoms with E-state index in [-0.39, 0.29) is 11.4 Å². The number of carbonyl (C=O) groups excluding carboxylic acids is 1. The highest BCUT2D eigenvalue weighted by Crippen LogP contribution is 2.24. The van der Waals surface area contributed by atoms with Gasteiger partial charge in [-0.25, -0.2) is 8.42 Å². The van der Waals surface area contributed by atoms with E-state index < -0.39 is 22.0 Å². The number of methoxy groups -OCH3 is 1. The Labute approximate surface area is 164 Å². The molecule has 0 saturated carbocycles. The maximum atomic E-state index is 12.5. The van der Waals surface area contributed by atoms with Crippen molar-refractivity contribution in [1.29, 1.82) is 0 Å². The maximum Gasteiger partial charge on any atom is 0.261 e. The Morgan fingerprint density at radius 2 is 1.75 bits per heavy atom. The number of sulfonamides is 1. The van der Waals surface area contributed by atoms with E-state index in [0.29, 0.717) is 17.0 Å². The van der Waals surface area contributed by atoms with E-state index in [1.165, 1.54) is 20.1 Å². The molecule has 8 nitrogen and oxygen atoms in total. The van der Waals surface area contributed by atoms with Crippen LogP contribution < -0.4 is 19.9 Å². The third-order valence-electron chi connectivity index (χ3n) is 3.98. The number of nitrogens with zero attached hydrogens (tertiary/aromatic N) is 1. The molecule has 2 aromatic rings. The highest BCUT2D eigenvalue weighted by atomic mass is 32.2. The van der Waals surface area contributed by atoms with Gasteiger partial charge >= 0.3 is 0 Å². The summed E-state index contributed by atoms with van der Waals surface area (Å²) in [5.74, 6) is -0.0361. The molecule has 0 aliphatic rings. The highest BCUT2D eigenvalue weighted by Gasteiger charge is 2.29. The van der Waals surface area contributed by atoms with E-state index in [2.05, 4.69) is 17.4 Å². The van der Waals surface area contributed by atoms with Gasteiger partial charge < -0.3 is 9.84 Å². The number of hydrazine groups is 1. The zero-order valence-corrected chi connectivity index (χ0v) is 16.7. The molecule has 2 rings (SSSR count). The van der Waals surface area contributed by atoms with Crippen molar-refractivity contribution in [2.24, 2.45) is 0 Å². The Morgan fingerprint density at radius 3 is 2.29 bits per heavy atom. The summed E-state index contributed by atoms with van der Waals surface area (Å²) in [4.78, 5) is 12.5. The number of phenols is 1. The van der Waals surface area contributed by atoms with E-state index in [1.807, 2.05) is 0 Å². The molecule has 1 amide bonds. The van der Waals surface area contributed by atoms with Crippen molar-refractivity contribution in [2.75, 3.05) is 17.7 Å². The first-order chi connectivity index (χ1) is 13.1. The lowest BCUT2D eigenvalue weighted by atomic mass is 10.1. The first-order valence-electron chi connectivity index (χ1n) is 8.31. The molecule has 150 valence electrons. The molecular weight excluding hydrogens is 382 g/mol. The van der Waals surface area contributed by atoms with E-state index >= 15 is 0 Å². The van der Waals surface area contributed by atoms with Crippen LogP contribution in [0.3, 0.4) is 0 Å². The quantitative estimate of drug-likeness (QED) is 0.579. The molecule has 0 radical (unpaired) electrons. The van der Waals surface area contributed by atoms with Gasteiger partial charge in [0.2, 0.25) is 10.0 Å². The first kappa shape index (κ1) is 21.1. The topological polar surface area (TPSA) is 108 Å². The smallest absolute Gasteiger partial charge is 0.261 e. The minimum Gasteiger partial charge on any atom is -0.507 e. The fraction of sp³-hybridized carbons (Fsp3) is 0.211. The van der Waals surface area contributed by atoms with Gasteiger partial charge in [0.05, 0.1) is 24.7 Å². The summed E-state index contributed by atoms with van der Waals surface area (Å²) in [6.45, 7) is 5.22. The predicted octanol–water partition coefficient (Wildman–Crippen LogP) is 1.85. The fourth-order valence-corrected chi connectivity index (χ4v) is 3.75. The van der Waals surface area contributed by atoms with Gasteiger partial charge in [0.15, 0.2) is 0 Å². The Balaban J connectivity index is 2.15. The molecule has 0 heterocycles. The summed E-state index contributed by atoms with van der Waals surface area (Å²) in [6, 6.07) is 11.8. The van der Waals surface area contributed by atoms with Crippen LogP contribution in [0, 0.1) is 0 Å². The summed E-state index contributed by atoms with van der Waals surface area (Å²) in [7, 11) is -2.24. The SMILES string of the molecule is C=C(NNC(=O)[C@@H](C)N(c1ccc(OC)cc1)S(C)(=O)=O)c1ccccc1O. The number of hydrogen-bond acceptors (Lipinski definition) is 6. The van der Waals surface area contributed by atoms with Gasteiger partial charge in [0.1, 0.15) is 17.5 Å². The van der Waals surface area contributed by atoms with E-state index in [1.54, 1.807) is 42.5 Å². The van der Waals surface area contributed by atoms with Gasteiger partial charge in [-0.2, -0.15) is 0 Å². The minimum absolute atomic E-state index is 0.00158. The minimum atomic E-state index is -3.74. The van der Waals surface area contributed by atoms with Gasteiger partial charge in [0.25, 0.3) is 5.91 Å². The van der Waals surface area contributed by atoms with Crippen molar-refractivity contribution in [3.05, 3.63) is 60.7 Å². The Morgan fingerprint density at radius 1 is 1.14 bits per heavy atom. The van der Waals surface area contributed by atoms with Gasteiger partial charge in [-0.3, -0.25) is 20.0 Å². The van der Waals surface area contributed by atoms with Crippen LogP contribution in [-0.2, 0) is 14.8 Å². The molecule has 0 bridgehead atoms. The summed E-state index contributed by atoms with van der Waals surface area (Å²) >= 11 is 0. The van der Waals surface area contributed by atoms with Crippen LogP contribution in [0.4, 0.5) is 5.69 Å². The molecule has 3 N–H and O–H groups in total. The highest BCUT2D eigenvalue weighted by molar-refractivity contribution is 7.92. The average molecular weight is 405 g/mol. The number of carbonyl (C=O) groups is 1. The normalized spacial score (nSPS) is 12.0. The number of anilines is 1. The lowest BCUT2D eigenvalue weighted by molar-refractivity contribution is -0.122. The second-order valence-electron chi connectivity index (χ2n) is 6.04. The molecule has 28 heavy (non-hydrogen) atoms.